The molecule has 1 nitrogen and oxygen atoms in total. The lowest BCUT2D eigenvalue weighted by molar-refractivity contribution is -0.0287. The Labute approximate surface area is 81.2 Å². The first-order chi connectivity index (χ1) is 6.40. The van der Waals surface area contributed by atoms with Gasteiger partial charge in [-0.05, 0) is 31.6 Å². The maximum atomic E-state index is 6.05. The smallest absolute Gasteiger partial charge is 0.0757 e. The van der Waals surface area contributed by atoms with Crippen LogP contribution in [0.25, 0.3) is 0 Å². The fourth-order valence-electron chi connectivity index (χ4n) is 2.73. The minimum Gasteiger partial charge on any atom is -0.371 e. The molecule has 2 fully saturated rings. The average Bonchev–Trinajstić information content (AvgIpc) is 2.38. The fourth-order valence-corrected chi connectivity index (χ4v) is 2.73. The molecule has 0 amide bonds. The van der Waals surface area contributed by atoms with E-state index in [0.29, 0.717) is 12.2 Å². The van der Waals surface area contributed by atoms with Crippen LogP contribution in [0.3, 0.4) is 0 Å². The lowest BCUT2D eigenvalue weighted by Crippen LogP contribution is -2.28. The maximum Gasteiger partial charge on any atom is 0.0757 e. The summed E-state index contributed by atoms with van der Waals surface area (Å²) in [6.07, 6.45) is 12.3. The number of ether oxygens (including phenoxy) is 1. The first-order valence-electron chi connectivity index (χ1n) is 5.68. The van der Waals surface area contributed by atoms with Crippen LogP contribution in [-0.4, -0.2) is 12.2 Å². The molecule has 0 bridgehead atoms. The summed E-state index contributed by atoms with van der Waals surface area (Å²) in [7, 11) is 0. The molecule has 0 spiro atoms. The topological polar surface area (TPSA) is 9.23 Å². The molecule has 1 saturated heterocycles. The molecule has 1 aliphatic carbocycles. The van der Waals surface area contributed by atoms with Gasteiger partial charge in [0.15, 0.2) is 0 Å². The molecule has 0 aromatic carbocycles. The molecule has 13 heavy (non-hydrogen) atoms. The van der Waals surface area contributed by atoms with Crippen molar-refractivity contribution >= 4 is 0 Å². The summed E-state index contributed by atoms with van der Waals surface area (Å²) >= 11 is 0. The van der Waals surface area contributed by atoms with Crippen LogP contribution in [0.5, 0.6) is 0 Å². The molecule has 3 atom stereocenters. The normalized spacial score (nSPS) is 40.5. The van der Waals surface area contributed by atoms with Crippen LogP contribution < -0.4 is 0 Å². The predicted octanol–water partition coefficient (Wildman–Crippen LogP) is 3.30. The minimum absolute atomic E-state index is 0.341. The van der Waals surface area contributed by atoms with Crippen molar-refractivity contribution in [1.29, 1.82) is 0 Å². The van der Waals surface area contributed by atoms with E-state index in [-0.39, 0.29) is 0 Å². The second-order valence-electron chi connectivity index (χ2n) is 4.42. The van der Waals surface area contributed by atoms with E-state index in [9.17, 15) is 0 Å². The lowest BCUT2D eigenvalue weighted by atomic mass is 9.84. The van der Waals surface area contributed by atoms with Crippen molar-refractivity contribution in [3.8, 4) is 0 Å². The van der Waals surface area contributed by atoms with Crippen molar-refractivity contribution in [1.82, 2.24) is 0 Å². The van der Waals surface area contributed by atoms with Gasteiger partial charge in [-0.25, -0.2) is 0 Å². The highest BCUT2D eigenvalue weighted by molar-refractivity contribution is 4.87. The van der Waals surface area contributed by atoms with Crippen molar-refractivity contribution in [3.05, 3.63) is 12.7 Å². The van der Waals surface area contributed by atoms with Crippen molar-refractivity contribution < 1.29 is 4.74 Å². The summed E-state index contributed by atoms with van der Waals surface area (Å²) in [4.78, 5) is 0. The summed E-state index contributed by atoms with van der Waals surface area (Å²) in [6, 6.07) is 0. The Kier molecular flexibility index (Phi) is 3.05. The van der Waals surface area contributed by atoms with E-state index in [2.05, 4.69) is 6.58 Å². The van der Waals surface area contributed by atoms with Crippen molar-refractivity contribution in [2.75, 3.05) is 0 Å². The van der Waals surface area contributed by atoms with E-state index in [0.717, 1.165) is 5.92 Å². The number of hydrogen-bond acceptors (Lipinski definition) is 1. The highest BCUT2D eigenvalue weighted by Crippen LogP contribution is 2.34. The van der Waals surface area contributed by atoms with E-state index >= 15 is 0 Å². The van der Waals surface area contributed by atoms with Gasteiger partial charge in [0.1, 0.15) is 0 Å². The van der Waals surface area contributed by atoms with Crippen molar-refractivity contribution in [3.63, 3.8) is 0 Å². The molecule has 1 saturated carbocycles. The van der Waals surface area contributed by atoms with Crippen LogP contribution in [0.2, 0.25) is 0 Å². The van der Waals surface area contributed by atoms with Gasteiger partial charge in [-0.1, -0.05) is 25.3 Å². The highest BCUT2D eigenvalue weighted by Gasteiger charge is 2.29. The monoisotopic (exact) mass is 180 g/mol. The van der Waals surface area contributed by atoms with Gasteiger partial charge in [0.2, 0.25) is 0 Å². The minimum atomic E-state index is 0.341. The Morgan fingerprint density at radius 2 is 1.77 bits per heavy atom. The number of hydrogen-bond donors (Lipinski definition) is 0. The molecule has 0 radical (unpaired) electrons. The molecule has 0 aromatic heterocycles. The number of fused-ring (bicyclic) bond motifs is 1. The zero-order valence-corrected chi connectivity index (χ0v) is 8.37. The van der Waals surface area contributed by atoms with E-state index in [1.807, 2.05) is 6.08 Å². The maximum absolute atomic E-state index is 6.05. The first kappa shape index (κ1) is 9.26. The van der Waals surface area contributed by atoms with Crippen LogP contribution in [-0.2, 0) is 4.74 Å². The molecule has 74 valence electrons. The molecule has 1 heteroatoms. The molecular formula is C12H20O. The molecule has 1 aliphatic heterocycles. The van der Waals surface area contributed by atoms with Crippen molar-refractivity contribution in [2.24, 2.45) is 5.92 Å². The van der Waals surface area contributed by atoms with Crippen LogP contribution in [0, 0.1) is 5.92 Å². The summed E-state index contributed by atoms with van der Waals surface area (Å²) in [5.41, 5.74) is 0. The van der Waals surface area contributed by atoms with Gasteiger partial charge < -0.3 is 4.74 Å². The summed E-state index contributed by atoms with van der Waals surface area (Å²) in [6.45, 7) is 3.84. The Balaban J connectivity index is 1.98. The lowest BCUT2D eigenvalue weighted by Gasteiger charge is -2.30. The second kappa shape index (κ2) is 4.28. The average molecular weight is 180 g/mol. The Morgan fingerprint density at radius 1 is 1.00 bits per heavy atom. The molecule has 0 aromatic rings. The Hall–Kier alpha value is -0.300. The van der Waals surface area contributed by atoms with Crippen molar-refractivity contribution in [2.45, 2.75) is 57.2 Å². The fraction of sp³-hybridized carbons (Fsp3) is 0.833. The quantitative estimate of drug-likeness (QED) is 0.563. The highest BCUT2D eigenvalue weighted by atomic mass is 16.5. The summed E-state index contributed by atoms with van der Waals surface area (Å²) < 4.78 is 6.05. The van der Waals surface area contributed by atoms with Gasteiger partial charge in [-0.2, -0.15) is 0 Å². The summed E-state index contributed by atoms with van der Waals surface area (Å²) in [5, 5.41) is 0. The zero-order chi connectivity index (χ0) is 9.10. The van der Waals surface area contributed by atoms with E-state index < -0.39 is 0 Å². The molecular weight excluding hydrogens is 160 g/mol. The Morgan fingerprint density at radius 3 is 2.62 bits per heavy atom. The van der Waals surface area contributed by atoms with Crippen LogP contribution in [0.1, 0.15) is 44.9 Å². The second-order valence-corrected chi connectivity index (χ2v) is 4.42. The van der Waals surface area contributed by atoms with E-state index in [4.69, 9.17) is 4.74 Å². The summed E-state index contributed by atoms with van der Waals surface area (Å²) in [5.74, 6) is 0.860. The standard InChI is InChI=1S/C12H20O/c1-2-11-8-5-7-10-6-3-4-9-12(10)13-11/h2,10-12H,1,3-9H2/t10-,11+,12-/m1/s1. The molecule has 2 aliphatic rings. The van der Waals surface area contributed by atoms with E-state index in [1.54, 1.807) is 0 Å². The zero-order valence-electron chi connectivity index (χ0n) is 8.37. The molecule has 1 heterocycles. The molecule has 0 N–H and O–H groups in total. The van der Waals surface area contributed by atoms with Crippen LogP contribution in [0.4, 0.5) is 0 Å². The first-order valence-corrected chi connectivity index (χ1v) is 5.68. The van der Waals surface area contributed by atoms with Crippen LogP contribution >= 0.6 is 0 Å². The SMILES string of the molecule is C=C[C@H]1CCC[C@H]2CCCC[C@H]2O1. The molecule has 2 rings (SSSR count). The largest absolute Gasteiger partial charge is 0.371 e. The Bertz CT molecular complexity index is 176. The van der Waals surface area contributed by atoms with Gasteiger partial charge in [0.25, 0.3) is 0 Å². The van der Waals surface area contributed by atoms with Gasteiger partial charge in [-0.3, -0.25) is 0 Å². The number of rotatable bonds is 1. The van der Waals surface area contributed by atoms with Gasteiger partial charge in [-0.15, -0.1) is 6.58 Å². The third-order valence-corrected chi connectivity index (χ3v) is 3.52. The van der Waals surface area contributed by atoms with Gasteiger partial charge in [0, 0.05) is 0 Å². The molecule has 0 unspecified atom stereocenters. The predicted molar refractivity (Wildman–Crippen MR) is 54.7 cm³/mol. The van der Waals surface area contributed by atoms with Gasteiger partial charge >= 0.3 is 0 Å². The third kappa shape index (κ3) is 2.14. The van der Waals surface area contributed by atoms with Gasteiger partial charge in [0.05, 0.1) is 12.2 Å². The van der Waals surface area contributed by atoms with Crippen LogP contribution in [0.15, 0.2) is 12.7 Å². The third-order valence-electron chi connectivity index (χ3n) is 3.52. The van der Waals surface area contributed by atoms with E-state index in [1.165, 1.54) is 44.9 Å².